The minimum Gasteiger partial charge on any atom is -0.478 e. The highest BCUT2D eigenvalue weighted by molar-refractivity contribution is 6.34. The summed E-state index contributed by atoms with van der Waals surface area (Å²) in [6.07, 6.45) is 0.432. The van der Waals surface area contributed by atoms with Crippen LogP contribution in [0.1, 0.15) is 21.6 Å². The molecule has 0 aliphatic rings. The molecule has 1 aromatic heterocycles. The molecule has 0 unspecified atom stereocenters. The van der Waals surface area contributed by atoms with Gasteiger partial charge in [0, 0.05) is 18.3 Å². The van der Waals surface area contributed by atoms with E-state index in [9.17, 15) is 18.4 Å². The van der Waals surface area contributed by atoms with Crippen molar-refractivity contribution in [2.75, 3.05) is 5.32 Å². The van der Waals surface area contributed by atoms with Crippen molar-refractivity contribution >= 4 is 34.9 Å². The zero-order valence-electron chi connectivity index (χ0n) is 16.5. The van der Waals surface area contributed by atoms with Gasteiger partial charge in [0.05, 0.1) is 22.8 Å². The van der Waals surface area contributed by atoms with E-state index in [2.05, 4.69) is 10.1 Å². The maximum Gasteiger partial charge on any atom is 0.387 e. The van der Waals surface area contributed by atoms with Gasteiger partial charge in [0.2, 0.25) is 0 Å². The second kappa shape index (κ2) is 10.5. The van der Waals surface area contributed by atoms with E-state index in [1.165, 1.54) is 34.9 Å². The van der Waals surface area contributed by atoms with Crippen LogP contribution >= 0.6 is 23.2 Å². The number of halogens is 4. The van der Waals surface area contributed by atoms with Crippen molar-refractivity contribution in [3.05, 3.63) is 91.8 Å². The number of aromatic carboxylic acids is 1. The van der Waals surface area contributed by atoms with Crippen molar-refractivity contribution < 1.29 is 23.4 Å². The Bertz CT molecular complexity index is 1170. The van der Waals surface area contributed by atoms with Crippen molar-refractivity contribution in [3.8, 4) is 5.75 Å². The summed E-state index contributed by atoms with van der Waals surface area (Å²) in [5.74, 6) is -1.03. The lowest BCUT2D eigenvalue weighted by Gasteiger charge is -2.17. The first-order valence-corrected chi connectivity index (χ1v) is 10.2. The van der Waals surface area contributed by atoms with E-state index in [-0.39, 0.29) is 34.4 Å². The van der Waals surface area contributed by atoms with E-state index >= 15 is 0 Å². The zero-order valence-corrected chi connectivity index (χ0v) is 18.0. The molecule has 0 atom stereocenters. The molecule has 0 saturated heterocycles. The van der Waals surface area contributed by atoms with Gasteiger partial charge >= 0.3 is 12.6 Å². The molecule has 10 heteroatoms. The minimum atomic E-state index is -2.94. The summed E-state index contributed by atoms with van der Waals surface area (Å²) in [6.45, 7) is -2.57. The largest absolute Gasteiger partial charge is 0.478 e. The lowest BCUT2D eigenvalue weighted by Crippen LogP contribution is -2.26. The van der Waals surface area contributed by atoms with E-state index in [1.807, 2.05) is 0 Å². The van der Waals surface area contributed by atoms with Gasteiger partial charge in [-0.05, 0) is 42.3 Å². The van der Waals surface area contributed by atoms with Crippen molar-refractivity contribution in [3.63, 3.8) is 0 Å². The van der Waals surface area contributed by atoms with Crippen LogP contribution in [0.5, 0.6) is 5.75 Å². The monoisotopic (exact) mass is 482 g/mol. The first-order chi connectivity index (χ1) is 15.2. The van der Waals surface area contributed by atoms with Gasteiger partial charge in [0.15, 0.2) is 0 Å². The van der Waals surface area contributed by atoms with Crippen molar-refractivity contribution in [2.24, 2.45) is 0 Å². The van der Waals surface area contributed by atoms with Gasteiger partial charge in [-0.15, -0.1) is 0 Å². The number of aryl methyl sites for hydroxylation is 1. The Kier molecular flexibility index (Phi) is 7.71. The number of hydrogen-bond donors (Lipinski definition) is 2. The Morgan fingerprint density at radius 1 is 1.09 bits per heavy atom. The number of aromatic nitrogens is 1. The third kappa shape index (κ3) is 5.99. The van der Waals surface area contributed by atoms with Crippen LogP contribution in [0.25, 0.3) is 0 Å². The van der Waals surface area contributed by atoms with Crippen LogP contribution in [-0.4, -0.2) is 22.3 Å². The van der Waals surface area contributed by atoms with Crippen molar-refractivity contribution in [1.29, 1.82) is 0 Å². The number of pyridine rings is 1. The molecule has 3 aromatic rings. The number of carboxylic acid groups (broad SMARTS) is 1. The number of nitrogens with zero attached hydrogens (tertiary/aromatic N) is 1. The quantitative estimate of drug-likeness (QED) is 0.431. The maximum absolute atomic E-state index is 12.7. The third-order valence-electron chi connectivity index (χ3n) is 4.65. The lowest BCUT2D eigenvalue weighted by molar-refractivity contribution is -0.0498. The number of hydrogen-bond acceptors (Lipinski definition) is 4. The Hall–Kier alpha value is -3.10. The average Bonchev–Trinajstić information content (AvgIpc) is 2.74. The van der Waals surface area contributed by atoms with Gasteiger partial charge in [0.1, 0.15) is 10.8 Å². The summed E-state index contributed by atoms with van der Waals surface area (Å²) in [4.78, 5) is 23.6. The molecule has 1 heterocycles. The Labute approximate surface area is 192 Å². The number of ether oxygens (including phenoxy) is 1. The smallest absolute Gasteiger partial charge is 0.387 e. The summed E-state index contributed by atoms with van der Waals surface area (Å²) in [5.41, 5.74) is 1.53. The van der Waals surface area contributed by atoms with Gasteiger partial charge in [0.25, 0.3) is 5.56 Å². The topological polar surface area (TPSA) is 80.6 Å². The standard InChI is InChI=1S/C22H18Cl2F2N2O4/c23-17-11-18(24)20(29)28(9-8-13-4-6-14(7-5-13)21(30)31)19(17)12-27-15-2-1-3-16(10-15)32-22(25)26/h1-7,10-11,22,27H,8-9,12H2,(H,30,31). The fraction of sp³-hybridized carbons (Fsp3) is 0.182. The lowest BCUT2D eigenvalue weighted by atomic mass is 10.1. The van der Waals surface area contributed by atoms with E-state index in [0.29, 0.717) is 17.8 Å². The molecule has 0 saturated carbocycles. The molecule has 168 valence electrons. The SMILES string of the molecule is O=C(O)c1ccc(CCn2c(CNc3cccc(OC(F)F)c3)c(Cl)cc(Cl)c2=O)cc1. The van der Waals surface area contributed by atoms with E-state index in [1.54, 1.807) is 24.3 Å². The number of rotatable bonds is 9. The summed E-state index contributed by atoms with van der Waals surface area (Å²) in [7, 11) is 0. The molecule has 0 bridgehead atoms. The molecular weight excluding hydrogens is 465 g/mol. The van der Waals surface area contributed by atoms with Gasteiger partial charge in [-0.25, -0.2) is 4.79 Å². The minimum absolute atomic E-state index is 0.00518. The Morgan fingerprint density at radius 3 is 2.47 bits per heavy atom. The second-order valence-electron chi connectivity index (χ2n) is 6.76. The zero-order chi connectivity index (χ0) is 23.3. The van der Waals surface area contributed by atoms with Crippen molar-refractivity contribution in [2.45, 2.75) is 26.1 Å². The number of nitrogens with one attached hydrogen (secondary N) is 1. The molecule has 0 amide bonds. The van der Waals surface area contributed by atoms with Crippen LogP contribution in [0.2, 0.25) is 10.0 Å². The Morgan fingerprint density at radius 2 is 1.81 bits per heavy atom. The van der Waals surface area contributed by atoms with E-state index in [0.717, 1.165) is 5.56 Å². The summed E-state index contributed by atoms with van der Waals surface area (Å²) < 4.78 is 30.7. The Balaban J connectivity index is 1.80. The number of benzene rings is 2. The first kappa shape index (κ1) is 23.6. The van der Waals surface area contributed by atoms with Gasteiger partial charge in [-0.3, -0.25) is 4.79 Å². The fourth-order valence-corrected chi connectivity index (χ4v) is 3.62. The normalized spacial score (nSPS) is 10.9. The molecule has 0 spiro atoms. The fourth-order valence-electron chi connectivity index (χ4n) is 3.08. The van der Waals surface area contributed by atoms with Crippen LogP contribution in [0, 0.1) is 0 Å². The summed E-state index contributed by atoms with van der Waals surface area (Å²) >= 11 is 12.4. The van der Waals surface area contributed by atoms with Crippen LogP contribution < -0.4 is 15.6 Å². The second-order valence-corrected chi connectivity index (χ2v) is 7.57. The van der Waals surface area contributed by atoms with Crippen LogP contribution in [-0.2, 0) is 19.5 Å². The molecule has 0 aliphatic heterocycles. The predicted molar refractivity (Wildman–Crippen MR) is 118 cm³/mol. The predicted octanol–water partition coefficient (Wildman–Crippen LogP) is 5.31. The van der Waals surface area contributed by atoms with Crippen LogP contribution in [0.4, 0.5) is 14.5 Å². The first-order valence-electron chi connectivity index (χ1n) is 9.43. The highest BCUT2D eigenvalue weighted by Crippen LogP contribution is 2.23. The molecule has 0 radical (unpaired) electrons. The van der Waals surface area contributed by atoms with Crippen molar-refractivity contribution in [1.82, 2.24) is 4.57 Å². The van der Waals surface area contributed by atoms with E-state index in [4.69, 9.17) is 28.3 Å². The highest BCUT2D eigenvalue weighted by Gasteiger charge is 2.14. The third-order valence-corrected chi connectivity index (χ3v) is 5.25. The molecule has 0 fully saturated rings. The number of alkyl halides is 2. The van der Waals surface area contributed by atoms with E-state index < -0.39 is 18.1 Å². The summed E-state index contributed by atoms with van der Waals surface area (Å²) in [6, 6.07) is 13.7. The molecule has 32 heavy (non-hydrogen) atoms. The van der Waals surface area contributed by atoms with Crippen LogP contribution in [0.3, 0.4) is 0 Å². The number of carboxylic acids is 1. The van der Waals surface area contributed by atoms with Crippen LogP contribution in [0.15, 0.2) is 59.4 Å². The van der Waals surface area contributed by atoms with Gasteiger partial charge < -0.3 is 19.7 Å². The molecular formula is C22H18Cl2F2N2O4. The maximum atomic E-state index is 12.7. The molecule has 2 aromatic carbocycles. The molecule has 3 rings (SSSR count). The highest BCUT2D eigenvalue weighted by atomic mass is 35.5. The van der Waals surface area contributed by atoms with Gasteiger partial charge in [-0.2, -0.15) is 8.78 Å². The number of anilines is 1. The molecule has 6 nitrogen and oxygen atoms in total. The van der Waals surface area contributed by atoms with Gasteiger partial charge in [-0.1, -0.05) is 41.4 Å². The number of carbonyl (C=O) groups is 1. The average molecular weight is 483 g/mol. The summed E-state index contributed by atoms with van der Waals surface area (Å²) in [5, 5.41) is 12.3. The molecule has 2 N–H and O–H groups in total. The molecule has 0 aliphatic carbocycles.